The fraction of sp³-hybridized carbons (Fsp3) is 1.00. The summed E-state index contributed by atoms with van der Waals surface area (Å²) in [4.78, 5) is 0. The van der Waals surface area contributed by atoms with E-state index >= 15 is 0 Å². The Morgan fingerprint density at radius 2 is 0.786 bits per heavy atom. The topological polar surface area (TPSA) is 34.1 Å². The van der Waals surface area contributed by atoms with Gasteiger partial charge in [0.05, 0.1) is 5.75 Å². The molecule has 0 aromatic rings. The Morgan fingerprint density at radius 3 is 1.18 bits per heavy atom. The minimum Gasteiger partial charge on any atom is -0.217 e. The first kappa shape index (κ1) is 28.3. The van der Waals surface area contributed by atoms with Gasteiger partial charge in [0, 0.05) is 5.75 Å². The van der Waals surface area contributed by atoms with Crippen LogP contribution in [0.25, 0.3) is 0 Å². The molecule has 0 bridgehead atoms. The molecule has 28 heavy (non-hydrogen) atoms. The maximum atomic E-state index is 12.0. The standard InChI is InChI=1S/C24H50O2S2/c1-3-5-7-9-11-12-13-14-15-16-17-18-19-21-23-27-28(25,26)24-22-20-10-8-6-4-2/h3-24H2,1-2H3. The minimum absolute atomic E-state index is 0.377. The van der Waals surface area contributed by atoms with E-state index in [1.165, 1.54) is 120 Å². The van der Waals surface area contributed by atoms with Crippen LogP contribution in [0.3, 0.4) is 0 Å². The molecule has 0 rings (SSSR count). The fourth-order valence-corrected chi connectivity index (χ4v) is 6.67. The lowest BCUT2D eigenvalue weighted by atomic mass is 10.0. The summed E-state index contributed by atoms with van der Waals surface area (Å²) in [6.07, 6.45) is 25.7. The quantitative estimate of drug-likeness (QED) is 0.119. The molecule has 0 aliphatic rings. The lowest BCUT2D eigenvalue weighted by Crippen LogP contribution is -2.02. The van der Waals surface area contributed by atoms with E-state index in [-0.39, 0.29) is 0 Å². The number of rotatable bonds is 23. The second-order valence-corrected chi connectivity index (χ2v) is 12.8. The summed E-state index contributed by atoms with van der Waals surface area (Å²) in [7, 11) is -1.67. The van der Waals surface area contributed by atoms with Crippen molar-refractivity contribution in [2.45, 2.75) is 142 Å². The molecule has 0 aromatic heterocycles. The van der Waals surface area contributed by atoms with Gasteiger partial charge in [0.15, 0.2) is 0 Å². The lowest BCUT2D eigenvalue weighted by molar-refractivity contribution is 0.538. The average molecular weight is 435 g/mol. The van der Waals surface area contributed by atoms with Crippen molar-refractivity contribution >= 4 is 19.7 Å². The normalized spacial score (nSPS) is 11.9. The highest BCUT2D eigenvalue weighted by molar-refractivity contribution is 8.72. The summed E-state index contributed by atoms with van der Waals surface area (Å²) in [6.45, 7) is 4.48. The molecule has 0 aromatic carbocycles. The van der Waals surface area contributed by atoms with Gasteiger partial charge in [0.1, 0.15) is 0 Å². The monoisotopic (exact) mass is 434 g/mol. The molecule has 0 radical (unpaired) electrons. The van der Waals surface area contributed by atoms with Crippen molar-refractivity contribution < 1.29 is 8.42 Å². The van der Waals surface area contributed by atoms with Gasteiger partial charge >= 0.3 is 0 Å². The van der Waals surface area contributed by atoms with Crippen molar-refractivity contribution in [1.82, 2.24) is 0 Å². The third kappa shape index (κ3) is 22.6. The first-order chi connectivity index (χ1) is 13.6. The third-order valence-corrected chi connectivity index (χ3v) is 9.19. The van der Waals surface area contributed by atoms with Gasteiger partial charge in [-0.25, -0.2) is 8.42 Å². The van der Waals surface area contributed by atoms with Gasteiger partial charge < -0.3 is 0 Å². The summed E-state index contributed by atoms with van der Waals surface area (Å²) in [5.41, 5.74) is 0. The van der Waals surface area contributed by atoms with Crippen LogP contribution < -0.4 is 0 Å². The summed E-state index contributed by atoms with van der Waals surface area (Å²) < 4.78 is 24.0. The molecule has 0 fully saturated rings. The van der Waals surface area contributed by atoms with E-state index in [1.54, 1.807) is 0 Å². The molecule has 170 valence electrons. The second kappa shape index (κ2) is 22.0. The molecule has 0 aliphatic heterocycles. The molecule has 0 amide bonds. The van der Waals surface area contributed by atoms with Crippen LogP contribution in [0.2, 0.25) is 0 Å². The molecule has 0 saturated carbocycles. The number of hydrogen-bond acceptors (Lipinski definition) is 3. The fourth-order valence-electron chi connectivity index (χ4n) is 3.60. The summed E-state index contributed by atoms with van der Waals surface area (Å²) in [5.74, 6) is 1.17. The van der Waals surface area contributed by atoms with Crippen LogP contribution in [0.4, 0.5) is 0 Å². The first-order valence-electron chi connectivity index (χ1n) is 12.5. The van der Waals surface area contributed by atoms with Crippen LogP contribution in [0.1, 0.15) is 142 Å². The van der Waals surface area contributed by atoms with E-state index in [0.717, 1.165) is 25.0 Å². The Hall–Kier alpha value is 0.300. The maximum Gasteiger partial charge on any atom is 0.201 e. The zero-order chi connectivity index (χ0) is 20.8. The van der Waals surface area contributed by atoms with E-state index in [0.29, 0.717) is 5.75 Å². The summed E-state index contributed by atoms with van der Waals surface area (Å²) in [6, 6.07) is 0. The Morgan fingerprint density at radius 1 is 0.464 bits per heavy atom. The molecule has 2 nitrogen and oxygen atoms in total. The molecular weight excluding hydrogens is 384 g/mol. The molecule has 0 unspecified atom stereocenters. The number of hydrogen-bond donors (Lipinski definition) is 0. The SMILES string of the molecule is CCCCCCCCCCCCCCCCSS(=O)(=O)CCCCCCCC. The van der Waals surface area contributed by atoms with Gasteiger partial charge in [-0.3, -0.25) is 0 Å². The van der Waals surface area contributed by atoms with Gasteiger partial charge in [0.25, 0.3) is 0 Å². The van der Waals surface area contributed by atoms with Crippen LogP contribution in [0.5, 0.6) is 0 Å². The van der Waals surface area contributed by atoms with E-state index in [9.17, 15) is 8.42 Å². The summed E-state index contributed by atoms with van der Waals surface area (Å²) in [5, 5.41) is 0. The van der Waals surface area contributed by atoms with E-state index in [1.807, 2.05) is 0 Å². The molecule has 0 N–H and O–H groups in total. The van der Waals surface area contributed by atoms with Gasteiger partial charge in [0.2, 0.25) is 8.87 Å². The highest BCUT2D eigenvalue weighted by atomic mass is 33.1. The molecule has 0 spiro atoms. The van der Waals surface area contributed by atoms with Gasteiger partial charge in [-0.05, 0) is 23.6 Å². The highest BCUT2D eigenvalue weighted by Gasteiger charge is 2.10. The molecule has 0 aliphatic carbocycles. The maximum absolute atomic E-state index is 12.0. The van der Waals surface area contributed by atoms with E-state index < -0.39 is 8.87 Å². The van der Waals surface area contributed by atoms with Crippen molar-refractivity contribution in [3.63, 3.8) is 0 Å². The summed E-state index contributed by atoms with van der Waals surface area (Å²) >= 11 is 0. The lowest BCUT2D eigenvalue weighted by Gasteiger charge is -2.05. The Labute approximate surface area is 181 Å². The van der Waals surface area contributed by atoms with Crippen LogP contribution in [-0.2, 0) is 8.87 Å². The predicted molar refractivity (Wildman–Crippen MR) is 130 cm³/mol. The number of unbranched alkanes of at least 4 members (excludes halogenated alkanes) is 18. The van der Waals surface area contributed by atoms with Gasteiger partial charge in [-0.1, -0.05) is 129 Å². The van der Waals surface area contributed by atoms with Crippen molar-refractivity contribution in [2.24, 2.45) is 0 Å². The van der Waals surface area contributed by atoms with Crippen LogP contribution in [0, 0.1) is 0 Å². The van der Waals surface area contributed by atoms with E-state index in [4.69, 9.17) is 0 Å². The zero-order valence-electron chi connectivity index (χ0n) is 19.2. The third-order valence-electron chi connectivity index (χ3n) is 5.51. The van der Waals surface area contributed by atoms with Crippen LogP contribution in [0.15, 0.2) is 0 Å². The van der Waals surface area contributed by atoms with Crippen LogP contribution >= 0.6 is 10.8 Å². The van der Waals surface area contributed by atoms with Gasteiger partial charge in [-0.15, -0.1) is 0 Å². The van der Waals surface area contributed by atoms with Gasteiger partial charge in [-0.2, -0.15) is 0 Å². The van der Waals surface area contributed by atoms with Crippen molar-refractivity contribution in [3.05, 3.63) is 0 Å². The molecule has 0 atom stereocenters. The minimum atomic E-state index is -2.88. The Kier molecular flexibility index (Phi) is 22.2. The molecule has 4 heteroatoms. The Bertz CT molecular complexity index is 393. The van der Waals surface area contributed by atoms with Crippen molar-refractivity contribution in [3.8, 4) is 0 Å². The average Bonchev–Trinajstić information content (AvgIpc) is 2.67. The van der Waals surface area contributed by atoms with Crippen molar-refractivity contribution in [2.75, 3.05) is 11.5 Å². The van der Waals surface area contributed by atoms with E-state index in [2.05, 4.69) is 13.8 Å². The zero-order valence-corrected chi connectivity index (χ0v) is 20.8. The largest absolute Gasteiger partial charge is 0.217 e. The highest BCUT2D eigenvalue weighted by Crippen LogP contribution is 2.19. The van der Waals surface area contributed by atoms with Crippen molar-refractivity contribution in [1.29, 1.82) is 0 Å². The molecular formula is C24H50O2S2. The Balaban J connectivity index is 3.27. The molecule has 0 saturated heterocycles. The molecule has 0 heterocycles. The van der Waals surface area contributed by atoms with Crippen LogP contribution in [-0.4, -0.2) is 19.9 Å². The second-order valence-electron chi connectivity index (χ2n) is 8.45. The smallest absolute Gasteiger partial charge is 0.201 e. The predicted octanol–water partition coefficient (Wildman–Crippen LogP) is 8.89. The first-order valence-corrected chi connectivity index (χ1v) is 15.6.